The quantitative estimate of drug-likeness (QED) is 0.578. The van der Waals surface area contributed by atoms with Gasteiger partial charge in [0, 0.05) is 11.8 Å². The Kier molecular flexibility index (Phi) is 4.50. The molecular weight excluding hydrogens is 270 g/mol. The topological polar surface area (TPSA) is 21.6 Å². The van der Waals surface area contributed by atoms with E-state index in [1.54, 1.807) is 0 Å². The van der Waals surface area contributed by atoms with E-state index in [1.165, 1.54) is 5.39 Å². The maximum atomic E-state index is 5.89. The molecule has 22 heavy (non-hydrogen) atoms. The lowest BCUT2D eigenvalue weighted by Crippen LogP contribution is -1.99. The van der Waals surface area contributed by atoms with E-state index in [0.29, 0.717) is 6.61 Å². The van der Waals surface area contributed by atoms with Crippen molar-refractivity contribution in [2.45, 2.75) is 13.3 Å². The van der Waals surface area contributed by atoms with Crippen LogP contribution in [0.2, 0.25) is 0 Å². The van der Waals surface area contributed by atoms with Crippen LogP contribution < -0.4 is 4.74 Å². The van der Waals surface area contributed by atoms with Crippen molar-refractivity contribution in [1.29, 1.82) is 0 Å². The first-order chi connectivity index (χ1) is 10.9. The molecule has 0 aliphatic heterocycles. The molecule has 3 aromatic rings. The maximum absolute atomic E-state index is 5.89. The summed E-state index contributed by atoms with van der Waals surface area (Å²) in [6.07, 6.45) is 2.89. The molecule has 2 heteroatoms. The smallest absolute Gasteiger partial charge is 0.128 e. The van der Waals surface area contributed by atoms with Gasteiger partial charge in [-0.15, -0.1) is 0 Å². The highest BCUT2D eigenvalue weighted by molar-refractivity contribution is 6.03. The highest BCUT2D eigenvalue weighted by atomic mass is 16.5. The molecule has 0 atom stereocenters. The van der Waals surface area contributed by atoms with Gasteiger partial charge in [0.1, 0.15) is 5.75 Å². The van der Waals surface area contributed by atoms with Crippen LogP contribution in [-0.2, 0) is 0 Å². The summed E-state index contributed by atoms with van der Waals surface area (Å²) in [6, 6.07) is 22.4. The van der Waals surface area contributed by atoms with E-state index in [9.17, 15) is 0 Å². The van der Waals surface area contributed by atoms with E-state index in [1.807, 2.05) is 54.7 Å². The summed E-state index contributed by atoms with van der Waals surface area (Å²) < 4.78 is 5.89. The third kappa shape index (κ3) is 3.17. The third-order valence-electron chi connectivity index (χ3n) is 3.49. The molecule has 0 saturated heterocycles. The number of aliphatic imine (C=N–C) groups is 1. The van der Waals surface area contributed by atoms with Crippen LogP contribution in [0.3, 0.4) is 0 Å². The highest BCUT2D eigenvalue weighted by Crippen LogP contribution is 2.27. The summed E-state index contributed by atoms with van der Waals surface area (Å²) in [7, 11) is 0. The molecule has 0 unspecified atom stereocenters. The lowest BCUT2D eigenvalue weighted by molar-refractivity contribution is 0.317. The van der Waals surface area contributed by atoms with Gasteiger partial charge < -0.3 is 4.74 Å². The number of para-hydroxylation sites is 1. The maximum Gasteiger partial charge on any atom is 0.128 e. The van der Waals surface area contributed by atoms with Crippen LogP contribution in [0.4, 0.5) is 5.69 Å². The Bertz CT molecular complexity index is 778. The van der Waals surface area contributed by atoms with Gasteiger partial charge in [-0.3, -0.25) is 4.99 Å². The number of ether oxygens (including phenoxy) is 1. The first-order valence-corrected chi connectivity index (χ1v) is 7.62. The van der Waals surface area contributed by atoms with E-state index >= 15 is 0 Å². The van der Waals surface area contributed by atoms with Gasteiger partial charge in [-0.25, -0.2) is 0 Å². The zero-order valence-electron chi connectivity index (χ0n) is 12.7. The Balaban J connectivity index is 2.05. The molecule has 0 radical (unpaired) electrons. The third-order valence-corrected chi connectivity index (χ3v) is 3.49. The summed E-state index contributed by atoms with van der Waals surface area (Å²) >= 11 is 0. The standard InChI is InChI=1S/C20H19NO/c1-2-14-22-20-13-12-16-8-6-7-11-18(16)19(20)15-21-17-9-4-3-5-10-17/h3-13,15H,2,14H2,1H3. The Morgan fingerprint density at radius 2 is 1.68 bits per heavy atom. The Labute approximate surface area is 131 Å². The number of fused-ring (bicyclic) bond motifs is 1. The first-order valence-electron chi connectivity index (χ1n) is 7.62. The Morgan fingerprint density at radius 1 is 0.909 bits per heavy atom. The molecule has 0 saturated carbocycles. The molecule has 3 rings (SSSR count). The van der Waals surface area contributed by atoms with Crippen molar-refractivity contribution in [3.63, 3.8) is 0 Å². The number of hydrogen-bond acceptors (Lipinski definition) is 2. The minimum Gasteiger partial charge on any atom is -0.493 e. The van der Waals surface area contributed by atoms with Crippen LogP contribution >= 0.6 is 0 Å². The largest absolute Gasteiger partial charge is 0.493 e. The fraction of sp³-hybridized carbons (Fsp3) is 0.150. The fourth-order valence-electron chi connectivity index (χ4n) is 2.40. The molecule has 0 aromatic heterocycles. The second-order valence-corrected chi connectivity index (χ2v) is 5.14. The molecule has 0 bridgehead atoms. The van der Waals surface area contributed by atoms with Crippen LogP contribution in [-0.4, -0.2) is 12.8 Å². The normalized spacial score (nSPS) is 11.1. The van der Waals surface area contributed by atoms with Gasteiger partial charge in [-0.05, 0) is 35.4 Å². The number of rotatable bonds is 5. The molecule has 0 N–H and O–H groups in total. The monoisotopic (exact) mass is 289 g/mol. The molecule has 3 aromatic carbocycles. The van der Waals surface area contributed by atoms with Crippen molar-refractivity contribution >= 4 is 22.7 Å². The molecular formula is C20H19NO. The summed E-state index contributed by atoms with van der Waals surface area (Å²) in [5, 5.41) is 2.36. The molecule has 2 nitrogen and oxygen atoms in total. The van der Waals surface area contributed by atoms with E-state index in [-0.39, 0.29) is 0 Å². The second-order valence-electron chi connectivity index (χ2n) is 5.14. The first kappa shape index (κ1) is 14.3. The van der Waals surface area contributed by atoms with E-state index in [4.69, 9.17) is 4.74 Å². The Hall–Kier alpha value is -2.61. The number of hydrogen-bond donors (Lipinski definition) is 0. The predicted molar refractivity (Wildman–Crippen MR) is 93.4 cm³/mol. The van der Waals surface area contributed by atoms with Crippen LogP contribution in [0.15, 0.2) is 71.7 Å². The lowest BCUT2D eigenvalue weighted by Gasteiger charge is -2.11. The lowest BCUT2D eigenvalue weighted by atomic mass is 10.0. The zero-order valence-corrected chi connectivity index (χ0v) is 12.7. The zero-order chi connectivity index (χ0) is 15.2. The van der Waals surface area contributed by atoms with E-state index < -0.39 is 0 Å². The minimum absolute atomic E-state index is 0.713. The van der Waals surface area contributed by atoms with E-state index in [0.717, 1.165) is 28.8 Å². The molecule has 0 amide bonds. The summed E-state index contributed by atoms with van der Waals surface area (Å²) in [5.74, 6) is 0.889. The average Bonchev–Trinajstić information content (AvgIpc) is 2.59. The summed E-state index contributed by atoms with van der Waals surface area (Å²) in [5.41, 5.74) is 1.98. The van der Waals surface area contributed by atoms with Crippen molar-refractivity contribution < 1.29 is 4.74 Å². The average molecular weight is 289 g/mol. The molecule has 0 aliphatic rings. The van der Waals surface area contributed by atoms with Gasteiger partial charge in [-0.1, -0.05) is 55.5 Å². The SMILES string of the molecule is CCCOc1ccc2ccccc2c1C=Nc1ccccc1. The van der Waals surface area contributed by atoms with Gasteiger partial charge in [0.15, 0.2) is 0 Å². The van der Waals surface area contributed by atoms with Gasteiger partial charge >= 0.3 is 0 Å². The van der Waals surface area contributed by atoms with Crippen LogP contribution in [0.5, 0.6) is 5.75 Å². The van der Waals surface area contributed by atoms with Crippen molar-refractivity contribution in [2.75, 3.05) is 6.61 Å². The molecule has 0 fully saturated rings. The fourth-order valence-corrected chi connectivity index (χ4v) is 2.40. The molecule has 0 aliphatic carbocycles. The predicted octanol–water partition coefficient (Wildman–Crippen LogP) is 5.38. The van der Waals surface area contributed by atoms with Gasteiger partial charge in [-0.2, -0.15) is 0 Å². The van der Waals surface area contributed by atoms with E-state index in [2.05, 4.69) is 30.1 Å². The van der Waals surface area contributed by atoms with Gasteiger partial charge in [0.25, 0.3) is 0 Å². The Morgan fingerprint density at radius 3 is 2.50 bits per heavy atom. The highest BCUT2D eigenvalue weighted by Gasteiger charge is 2.06. The van der Waals surface area contributed by atoms with Crippen LogP contribution in [0.25, 0.3) is 10.8 Å². The molecule has 110 valence electrons. The minimum atomic E-state index is 0.713. The van der Waals surface area contributed by atoms with Crippen LogP contribution in [0, 0.1) is 0 Å². The second kappa shape index (κ2) is 6.90. The van der Waals surface area contributed by atoms with Gasteiger partial charge in [0.2, 0.25) is 0 Å². The van der Waals surface area contributed by atoms with Crippen LogP contribution in [0.1, 0.15) is 18.9 Å². The van der Waals surface area contributed by atoms with Crippen molar-refractivity contribution in [2.24, 2.45) is 4.99 Å². The van der Waals surface area contributed by atoms with Crippen molar-refractivity contribution in [1.82, 2.24) is 0 Å². The number of benzene rings is 3. The number of nitrogens with zero attached hydrogens (tertiary/aromatic N) is 1. The molecule has 0 spiro atoms. The summed E-state index contributed by atoms with van der Waals surface area (Å²) in [6.45, 7) is 2.82. The van der Waals surface area contributed by atoms with Gasteiger partial charge in [0.05, 0.1) is 12.3 Å². The van der Waals surface area contributed by atoms with Crippen molar-refractivity contribution in [3.05, 3.63) is 72.3 Å². The van der Waals surface area contributed by atoms with Crippen molar-refractivity contribution in [3.8, 4) is 5.75 Å². The molecule has 0 heterocycles. The summed E-state index contributed by atoms with van der Waals surface area (Å²) in [4.78, 5) is 4.59.